The lowest BCUT2D eigenvalue weighted by molar-refractivity contribution is -0.123. The maximum absolute atomic E-state index is 11.4. The van der Waals surface area contributed by atoms with E-state index < -0.39 is 6.10 Å². The molecule has 0 radical (unpaired) electrons. The van der Waals surface area contributed by atoms with Crippen LogP contribution < -0.4 is 10.1 Å². The molecule has 5 nitrogen and oxygen atoms in total. The molecule has 1 unspecified atom stereocenters. The van der Waals surface area contributed by atoms with Crippen LogP contribution in [0.3, 0.4) is 0 Å². The van der Waals surface area contributed by atoms with E-state index in [0.717, 1.165) is 5.56 Å². The normalized spacial score (nSPS) is 11.5. The van der Waals surface area contributed by atoms with E-state index >= 15 is 0 Å². The molecular weight excluding hydrogens is 244 g/mol. The van der Waals surface area contributed by atoms with Crippen LogP contribution in [0.15, 0.2) is 18.2 Å². The Morgan fingerprint density at radius 2 is 2.32 bits per heavy atom. The van der Waals surface area contributed by atoms with Gasteiger partial charge in [0, 0.05) is 12.1 Å². The minimum atomic E-state index is -0.656. The minimum Gasteiger partial charge on any atom is -0.483 e. The summed E-state index contributed by atoms with van der Waals surface area (Å²) < 4.78 is 5.39. The summed E-state index contributed by atoms with van der Waals surface area (Å²) in [5.74, 6) is 0.211. The zero-order valence-corrected chi connectivity index (χ0v) is 11.1. The lowest BCUT2D eigenvalue weighted by atomic mass is 10.1. The molecular formula is C14H18N2O3. The molecule has 5 heteroatoms. The molecule has 0 heterocycles. The Bertz CT molecular complexity index is 478. The van der Waals surface area contributed by atoms with Crippen molar-refractivity contribution in [2.45, 2.75) is 26.4 Å². The minimum absolute atomic E-state index is 0.131. The van der Waals surface area contributed by atoms with E-state index in [4.69, 9.17) is 10.00 Å². The van der Waals surface area contributed by atoms with Crippen LogP contribution in [0.2, 0.25) is 0 Å². The third-order valence-corrected chi connectivity index (χ3v) is 2.53. The van der Waals surface area contributed by atoms with Gasteiger partial charge >= 0.3 is 0 Å². The van der Waals surface area contributed by atoms with E-state index in [0.29, 0.717) is 17.9 Å². The molecule has 0 bridgehead atoms. The number of benzene rings is 1. The SMILES string of the molecule is Cc1ccc(OCC(=O)NCCC#N)c(C(C)O)c1. The maximum atomic E-state index is 11.4. The van der Waals surface area contributed by atoms with Gasteiger partial charge in [0.05, 0.1) is 18.6 Å². The molecule has 0 spiro atoms. The van der Waals surface area contributed by atoms with Crippen molar-refractivity contribution < 1.29 is 14.6 Å². The van der Waals surface area contributed by atoms with Crippen LogP contribution in [0.4, 0.5) is 0 Å². The summed E-state index contributed by atoms with van der Waals surface area (Å²) in [5.41, 5.74) is 1.67. The third-order valence-electron chi connectivity index (χ3n) is 2.53. The number of hydrogen-bond acceptors (Lipinski definition) is 4. The average Bonchev–Trinajstić information content (AvgIpc) is 2.37. The van der Waals surface area contributed by atoms with E-state index in [-0.39, 0.29) is 18.9 Å². The molecule has 0 aliphatic rings. The summed E-state index contributed by atoms with van der Waals surface area (Å²) in [6.07, 6.45) is -0.383. The van der Waals surface area contributed by atoms with Crippen molar-refractivity contribution >= 4 is 5.91 Å². The molecule has 0 fully saturated rings. The summed E-state index contributed by atoms with van der Waals surface area (Å²) in [6, 6.07) is 7.36. The Morgan fingerprint density at radius 1 is 1.58 bits per heavy atom. The molecule has 102 valence electrons. The Kier molecular flexibility index (Phi) is 5.83. The van der Waals surface area contributed by atoms with Crippen LogP contribution in [-0.4, -0.2) is 24.2 Å². The molecule has 1 aromatic carbocycles. The number of nitrogens with zero attached hydrogens (tertiary/aromatic N) is 1. The topological polar surface area (TPSA) is 82.3 Å². The van der Waals surface area contributed by atoms with Gasteiger partial charge in [-0.05, 0) is 26.0 Å². The van der Waals surface area contributed by atoms with Crippen molar-refractivity contribution in [2.75, 3.05) is 13.2 Å². The third kappa shape index (κ3) is 4.98. The molecule has 1 rings (SSSR count). The van der Waals surface area contributed by atoms with Gasteiger partial charge in [0.2, 0.25) is 0 Å². The average molecular weight is 262 g/mol. The number of nitrogens with one attached hydrogen (secondary N) is 1. The molecule has 0 saturated heterocycles. The number of amides is 1. The first-order chi connectivity index (χ1) is 9.04. The van der Waals surface area contributed by atoms with Gasteiger partial charge in [0.15, 0.2) is 6.61 Å². The van der Waals surface area contributed by atoms with Crippen LogP contribution in [0.5, 0.6) is 5.75 Å². The zero-order chi connectivity index (χ0) is 14.3. The quantitative estimate of drug-likeness (QED) is 0.760. The number of hydrogen-bond donors (Lipinski definition) is 2. The highest BCUT2D eigenvalue weighted by Crippen LogP contribution is 2.26. The molecule has 0 aliphatic carbocycles. The number of carbonyl (C=O) groups excluding carboxylic acids is 1. The standard InChI is InChI=1S/C14H18N2O3/c1-10-4-5-13(12(8-10)11(2)17)19-9-14(18)16-7-3-6-15/h4-5,8,11,17H,3,7,9H2,1-2H3,(H,16,18). The number of aryl methyl sites for hydroxylation is 1. The van der Waals surface area contributed by atoms with Gasteiger partial charge in [-0.25, -0.2) is 0 Å². The summed E-state index contributed by atoms with van der Waals surface area (Å²) in [4.78, 5) is 11.4. The number of ether oxygens (including phenoxy) is 1. The van der Waals surface area contributed by atoms with Gasteiger partial charge in [-0.2, -0.15) is 5.26 Å². The van der Waals surface area contributed by atoms with Crippen molar-refractivity contribution in [1.82, 2.24) is 5.32 Å². The second-order valence-electron chi connectivity index (χ2n) is 4.26. The Labute approximate surface area is 112 Å². The van der Waals surface area contributed by atoms with Crippen LogP contribution in [0, 0.1) is 18.3 Å². The molecule has 0 aromatic heterocycles. The van der Waals surface area contributed by atoms with E-state index in [1.165, 1.54) is 0 Å². The van der Waals surface area contributed by atoms with E-state index in [1.807, 2.05) is 25.1 Å². The molecule has 1 amide bonds. The van der Waals surface area contributed by atoms with Crippen LogP contribution >= 0.6 is 0 Å². The van der Waals surface area contributed by atoms with Crippen molar-refractivity contribution in [2.24, 2.45) is 0 Å². The molecule has 2 N–H and O–H groups in total. The Hall–Kier alpha value is -2.06. The highest BCUT2D eigenvalue weighted by Gasteiger charge is 2.11. The number of aliphatic hydroxyl groups is 1. The van der Waals surface area contributed by atoms with Crippen LogP contribution in [-0.2, 0) is 4.79 Å². The highest BCUT2D eigenvalue weighted by atomic mass is 16.5. The number of aliphatic hydroxyl groups excluding tert-OH is 1. The lowest BCUT2D eigenvalue weighted by Gasteiger charge is -2.14. The van der Waals surface area contributed by atoms with E-state index in [1.54, 1.807) is 13.0 Å². The van der Waals surface area contributed by atoms with Crippen molar-refractivity contribution in [3.8, 4) is 11.8 Å². The highest BCUT2D eigenvalue weighted by molar-refractivity contribution is 5.77. The molecule has 19 heavy (non-hydrogen) atoms. The van der Waals surface area contributed by atoms with E-state index in [9.17, 15) is 9.90 Å². The smallest absolute Gasteiger partial charge is 0.257 e. The van der Waals surface area contributed by atoms with Gasteiger partial charge in [0.1, 0.15) is 5.75 Å². The Balaban J connectivity index is 2.58. The lowest BCUT2D eigenvalue weighted by Crippen LogP contribution is -2.29. The van der Waals surface area contributed by atoms with Crippen molar-refractivity contribution in [1.29, 1.82) is 5.26 Å². The molecule has 1 aromatic rings. The van der Waals surface area contributed by atoms with Crippen molar-refractivity contribution in [3.63, 3.8) is 0 Å². The molecule has 1 atom stereocenters. The first-order valence-corrected chi connectivity index (χ1v) is 6.09. The summed E-state index contributed by atoms with van der Waals surface area (Å²) in [7, 11) is 0. The number of nitriles is 1. The van der Waals surface area contributed by atoms with Gasteiger partial charge < -0.3 is 15.2 Å². The van der Waals surface area contributed by atoms with Gasteiger partial charge in [-0.15, -0.1) is 0 Å². The largest absolute Gasteiger partial charge is 0.483 e. The van der Waals surface area contributed by atoms with E-state index in [2.05, 4.69) is 5.32 Å². The van der Waals surface area contributed by atoms with Crippen molar-refractivity contribution in [3.05, 3.63) is 29.3 Å². The van der Waals surface area contributed by atoms with Crippen LogP contribution in [0.25, 0.3) is 0 Å². The molecule has 0 aliphatic heterocycles. The van der Waals surface area contributed by atoms with Gasteiger partial charge in [0.25, 0.3) is 5.91 Å². The summed E-state index contributed by atoms with van der Waals surface area (Å²) >= 11 is 0. The second-order valence-corrected chi connectivity index (χ2v) is 4.26. The Morgan fingerprint density at radius 3 is 2.95 bits per heavy atom. The zero-order valence-electron chi connectivity index (χ0n) is 11.1. The fourth-order valence-electron chi connectivity index (χ4n) is 1.58. The fraction of sp³-hybridized carbons (Fsp3) is 0.429. The summed E-state index contributed by atoms with van der Waals surface area (Å²) in [6.45, 7) is 3.75. The first-order valence-electron chi connectivity index (χ1n) is 6.09. The van der Waals surface area contributed by atoms with Crippen LogP contribution in [0.1, 0.15) is 30.6 Å². The second kappa shape index (κ2) is 7.39. The first kappa shape index (κ1) is 15.0. The number of carbonyl (C=O) groups is 1. The predicted molar refractivity (Wildman–Crippen MR) is 70.5 cm³/mol. The fourth-order valence-corrected chi connectivity index (χ4v) is 1.58. The monoisotopic (exact) mass is 262 g/mol. The summed E-state index contributed by atoms with van der Waals surface area (Å²) in [5, 5.41) is 20.6. The maximum Gasteiger partial charge on any atom is 0.257 e. The van der Waals surface area contributed by atoms with Gasteiger partial charge in [-0.1, -0.05) is 11.6 Å². The predicted octanol–water partition coefficient (Wildman–Crippen LogP) is 1.46. The van der Waals surface area contributed by atoms with Gasteiger partial charge in [-0.3, -0.25) is 4.79 Å². The number of rotatable bonds is 6. The molecule has 0 saturated carbocycles.